The van der Waals surface area contributed by atoms with E-state index in [-0.39, 0.29) is 24.7 Å². The zero-order chi connectivity index (χ0) is 17.4. The number of hydrazone groups is 1. The molecule has 1 amide bonds. The Morgan fingerprint density at radius 1 is 1.42 bits per heavy atom. The molecule has 0 radical (unpaired) electrons. The van der Waals surface area contributed by atoms with E-state index in [9.17, 15) is 14.4 Å². The molecule has 0 saturated heterocycles. The Morgan fingerprint density at radius 3 is 3.00 bits per heavy atom. The Hall–Kier alpha value is -3.43. The van der Waals surface area contributed by atoms with Crippen LogP contribution in [0.5, 0.6) is 5.75 Å². The van der Waals surface area contributed by atoms with Crippen molar-refractivity contribution in [1.82, 2.24) is 20.6 Å². The Morgan fingerprint density at radius 2 is 2.25 bits per heavy atom. The summed E-state index contributed by atoms with van der Waals surface area (Å²) in [6, 6.07) is 7.19. The Kier molecular flexibility index (Phi) is 5.83. The minimum Gasteiger partial charge on any atom is -0.497 e. The number of hydrogen-bond acceptors (Lipinski definition) is 7. The molecule has 0 fully saturated rings. The summed E-state index contributed by atoms with van der Waals surface area (Å²) in [6.45, 7) is 0.155. The number of rotatable bonds is 7. The van der Waals surface area contributed by atoms with E-state index in [1.54, 1.807) is 25.3 Å². The standard InChI is InChI=1S/C14H16N6O4/c1-24-10-4-2-3-9(7-10)8-16-18-11(21)5-6-15-12-13(22)17-14(23)20-19-12/h2-4,7-8H,5-6H2,1H3,(H,15,19)(H,18,21)(H2,17,20,22,23)/b16-8+. The number of carbonyl (C=O) groups is 1. The monoisotopic (exact) mass is 332 g/mol. The minimum absolute atomic E-state index is 0.0652. The summed E-state index contributed by atoms with van der Waals surface area (Å²) in [5.74, 6) is 0.276. The molecule has 0 atom stereocenters. The van der Waals surface area contributed by atoms with E-state index < -0.39 is 11.2 Å². The van der Waals surface area contributed by atoms with Crippen molar-refractivity contribution in [2.24, 2.45) is 5.10 Å². The van der Waals surface area contributed by atoms with Gasteiger partial charge < -0.3 is 10.1 Å². The Labute approximate surface area is 136 Å². The van der Waals surface area contributed by atoms with Gasteiger partial charge >= 0.3 is 5.69 Å². The number of nitrogens with zero attached hydrogens (tertiary/aromatic N) is 2. The number of ether oxygens (including phenoxy) is 1. The third kappa shape index (κ3) is 5.09. The fourth-order valence-corrected chi connectivity index (χ4v) is 1.72. The van der Waals surface area contributed by atoms with Crippen LogP contribution in [0, 0.1) is 0 Å². The molecular weight excluding hydrogens is 316 g/mol. The number of methoxy groups -OCH3 is 1. The molecule has 126 valence electrons. The van der Waals surface area contributed by atoms with Crippen LogP contribution in [0.4, 0.5) is 5.82 Å². The second-order valence-corrected chi connectivity index (χ2v) is 4.60. The number of anilines is 1. The number of carbonyl (C=O) groups excluding carboxylic acids is 1. The van der Waals surface area contributed by atoms with Crippen LogP contribution in [0.3, 0.4) is 0 Å². The molecule has 0 aliphatic rings. The molecule has 0 aliphatic heterocycles. The molecule has 0 unspecified atom stereocenters. The average molecular weight is 332 g/mol. The molecule has 1 aromatic heterocycles. The second-order valence-electron chi connectivity index (χ2n) is 4.60. The summed E-state index contributed by atoms with van der Waals surface area (Å²) in [4.78, 5) is 35.8. The first-order chi connectivity index (χ1) is 11.6. The summed E-state index contributed by atoms with van der Waals surface area (Å²) in [7, 11) is 1.56. The van der Waals surface area contributed by atoms with Gasteiger partial charge in [-0.25, -0.2) is 15.3 Å². The largest absolute Gasteiger partial charge is 0.497 e. The normalized spacial score (nSPS) is 10.5. The maximum Gasteiger partial charge on any atom is 0.342 e. The first kappa shape index (κ1) is 16.9. The van der Waals surface area contributed by atoms with E-state index >= 15 is 0 Å². The van der Waals surface area contributed by atoms with Gasteiger partial charge in [-0.15, -0.1) is 5.10 Å². The number of amides is 1. The van der Waals surface area contributed by atoms with Gasteiger partial charge in [-0.3, -0.25) is 14.6 Å². The van der Waals surface area contributed by atoms with Crippen LogP contribution >= 0.6 is 0 Å². The Balaban J connectivity index is 1.77. The molecule has 0 aliphatic carbocycles. The van der Waals surface area contributed by atoms with Crippen molar-refractivity contribution in [2.75, 3.05) is 19.0 Å². The van der Waals surface area contributed by atoms with Crippen molar-refractivity contribution in [3.05, 3.63) is 50.7 Å². The quantitative estimate of drug-likeness (QED) is 0.395. The first-order valence-electron chi connectivity index (χ1n) is 6.97. The summed E-state index contributed by atoms with van der Waals surface area (Å²) in [5.41, 5.74) is 1.78. The highest BCUT2D eigenvalue weighted by Crippen LogP contribution is 2.10. The van der Waals surface area contributed by atoms with E-state index in [0.717, 1.165) is 5.56 Å². The molecule has 1 aromatic carbocycles. The molecular formula is C14H16N6O4. The molecule has 2 rings (SSSR count). The van der Waals surface area contributed by atoms with E-state index in [2.05, 4.69) is 26.0 Å². The lowest BCUT2D eigenvalue weighted by molar-refractivity contribution is -0.120. The number of H-pyrrole nitrogens is 2. The van der Waals surface area contributed by atoms with Crippen LogP contribution in [0.1, 0.15) is 12.0 Å². The molecule has 0 bridgehead atoms. The molecule has 0 saturated carbocycles. The number of hydrogen-bond donors (Lipinski definition) is 4. The van der Waals surface area contributed by atoms with E-state index in [1.165, 1.54) is 6.21 Å². The summed E-state index contributed by atoms with van der Waals surface area (Å²) < 4.78 is 5.08. The number of aromatic nitrogens is 3. The highest BCUT2D eigenvalue weighted by Gasteiger charge is 2.03. The molecule has 1 heterocycles. The summed E-state index contributed by atoms with van der Waals surface area (Å²) in [5, 5.41) is 12.1. The first-order valence-corrected chi connectivity index (χ1v) is 6.97. The zero-order valence-corrected chi connectivity index (χ0v) is 12.8. The second kappa shape index (κ2) is 8.27. The van der Waals surface area contributed by atoms with Gasteiger partial charge in [0.2, 0.25) is 11.7 Å². The molecule has 4 N–H and O–H groups in total. The Bertz CT molecular complexity index is 841. The SMILES string of the molecule is COc1cccc(/C=N/NC(=O)CCNc2n[nH]c(=O)[nH]c2=O)c1. The smallest absolute Gasteiger partial charge is 0.342 e. The zero-order valence-electron chi connectivity index (χ0n) is 12.8. The van der Waals surface area contributed by atoms with Crippen molar-refractivity contribution >= 4 is 17.9 Å². The highest BCUT2D eigenvalue weighted by molar-refractivity contribution is 5.82. The summed E-state index contributed by atoms with van der Waals surface area (Å²) in [6.07, 6.45) is 1.55. The fourth-order valence-electron chi connectivity index (χ4n) is 1.72. The highest BCUT2D eigenvalue weighted by atomic mass is 16.5. The van der Waals surface area contributed by atoms with E-state index in [4.69, 9.17) is 4.74 Å². The summed E-state index contributed by atoms with van der Waals surface area (Å²) >= 11 is 0. The van der Waals surface area contributed by atoms with Crippen molar-refractivity contribution in [3.63, 3.8) is 0 Å². The van der Waals surface area contributed by atoms with Crippen molar-refractivity contribution in [3.8, 4) is 5.75 Å². The predicted molar refractivity (Wildman–Crippen MR) is 87.3 cm³/mol. The van der Waals surface area contributed by atoms with Crippen LogP contribution in [0.25, 0.3) is 0 Å². The lowest BCUT2D eigenvalue weighted by atomic mass is 10.2. The van der Waals surface area contributed by atoms with Gasteiger partial charge in [0.1, 0.15) is 5.75 Å². The number of benzene rings is 1. The van der Waals surface area contributed by atoms with Gasteiger partial charge in [0.05, 0.1) is 13.3 Å². The lowest BCUT2D eigenvalue weighted by Gasteiger charge is -2.03. The van der Waals surface area contributed by atoms with Gasteiger partial charge in [-0.2, -0.15) is 5.10 Å². The maximum atomic E-state index is 11.6. The third-order valence-electron chi connectivity index (χ3n) is 2.85. The maximum absolute atomic E-state index is 11.6. The van der Waals surface area contributed by atoms with Crippen LogP contribution < -0.4 is 26.7 Å². The lowest BCUT2D eigenvalue weighted by Crippen LogP contribution is -2.28. The number of aromatic amines is 2. The van der Waals surface area contributed by atoms with E-state index in [0.29, 0.717) is 5.75 Å². The van der Waals surface area contributed by atoms with Crippen molar-refractivity contribution in [2.45, 2.75) is 6.42 Å². The van der Waals surface area contributed by atoms with Gasteiger partial charge in [-0.1, -0.05) is 12.1 Å². The molecule has 10 heteroatoms. The van der Waals surface area contributed by atoms with Gasteiger partial charge in [0, 0.05) is 13.0 Å². The minimum atomic E-state index is -0.699. The fraction of sp³-hybridized carbons (Fsp3) is 0.214. The average Bonchev–Trinajstić information content (AvgIpc) is 2.57. The molecule has 0 spiro atoms. The van der Waals surface area contributed by atoms with Crippen molar-refractivity contribution in [1.29, 1.82) is 0 Å². The van der Waals surface area contributed by atoms with Crippen LogP contribution in [0.2, 0.25) is 0 Å². The van der Waals surface area contributed by atoms with Gasteiger partial charge in [0.25, 0.3) is 5.56 Å². The third-order valence-corrected chi connectivity index (χ3v) is 2.85. The van der Waals surface area contributed by atoms with E-state index in [1.807, 2.05) is 11.1 Å². The molecule has 10 nitrogen and oxygen atoms in total. The molecule has 2 aromatic rings. The van der Waals surface area contributed by atoms with Crippen LogP contribution in [0.15, 0.2) is 39.0 Å². The molecule has 24 heavy (non-hydrogen) atoms. The predicted octanol–water partition coefficient (Wildman–Crippen LogP) is -0.581. The van der Waals surface area contributed by atoms with Crippen molar-refractivity contribution < 1.29 is 9.53 Å². The topological polar surface area (TPSA) is 141 Å². The van der Waals surface area contributed by atoms with Crippen LogP contribution in [-0.2, 0) is 4.79 Å². The van der Waals surface area contributed by atoms with Crippen LogP contribution in [-0.4, -0.2) is 41.0 Å². The number of nitrogens with one attached hydrogen (secondary N) is 4. The van der Waals surface area contributed by atoms with Gasteiger partial charge in [0.15, 0.2) is 0 Å². The van der Waals surface area contributed by atoms with Gasteiger partial charge in [-0.05, 0) is 17.7 Å².